The zero-order valence-electron chi connectivity index (χ0n) is 48.3. The van der Waals surface area contributed by atoms with Crippen molar-refractivity contribution in [2.24, 2.45) is 0 Å². The van der Waals surface area contributed by atoms with E-state index in [1.165, 1.54) is 161 Å². The maximum Gasteiger partial charge on any atom is 0.220 e. The summed E-state index contributed by atoms with van der Waals surface area (Å²) in [5.74, 6) is -0.219. The van der Waals surface area contributed by atoms with Crippen LogP contribution in [-0.2, 0) is 23.7 Å². The number of aliphatic hydroxyl groups excluding tert-OH is 8. The van der Waals surface area contributed by atoms with Crippen LogP contribution in [0.3, 0.4) is 0 Å². The van der Waals surface area contributed by atoms with E-state index >= 15 is 0 Å². The molecule has 2 rings (SSSR count). The molecular formula is C62H117NO13. The lowest BCUT2D eigenvalue weighted by atomic mass is 9.97. The van der Waals surface area contributed by atoms with Crippen molar-refractivity contribution in [3.8, 4) is 0 Å². The number of rotatable bonds is 51. The SMILES string of the molecule is CCC/C=C\C/C=C\CCCCCCCC(=O)NC(COC1OC(CO)C(OC2OC(CO)C(O)C(O)C2O)C(O)C1O)C(O)CCCCCCCCCCCCCCCCCCCCCCCCCCCCCCC. The average Bonchev–Trinajstić information content (AvgIpc) is 3.42. The number of aliphatic hydroxyl groups is 8. The predicted molar refractivity (Wildman–Crippen MR) is 305 cm³/mol. The Morgan fingerprint density at radius 3 is 1.37 bits per heavy atom. The van der Waals surface area contributed by atoms with Crippen LogP contribution in [0.15, 0.2) is 24.3 Å². The number of allylic oxidation sites excluding steroid dienone is 4. The van der Waals surface area contributed by atoms with Crippen LogP contribution in [0.25, 0.3) is 0 Å². The third kappa shape index (κ3) is 33.3. The number of unbranched alkanes of at least 4 members (excludes halogenated alkanes) is 34. The van der Waals surface area contributed by atoms with E-state index < -0.39 is 86.8 Å². The van der Waals surface area contributed by atoms with Crippen molar-refractivity contribution in [3.05, 3.63) is 24.3 Å². The van der Waals surface area contributed by atoms with E-state index in [4.69, 9.17) is 18.9 Å². The minimum absolute atomic E-state index is 0.219. The third-order valence-electron chi connectivity index (χ3n) is 15.7. The summed E-state index contributed by atoms with van der Waals surface area (Å²) >= 11 is 0. The van der Waals surface area contributed by atoms with Crippen LogP contribution in [0.1, 0.15) is 271 Å². The first-order chi connectivity index (χ1) is 37.1. The molecule has 0 saturated carbocycles. The smallest absolute Gasteiger partial charge is 0.220 e. The van der Waals surface area contributed by atoms with Gasteiger partial charge < -0.3 is 65.1 Å². The Morgan fingerprint density at radius 2 is 0.895 bits per heavy atom. The molecule has 12 unspecified atom stereocenters. The fourth-order valence-corrected chi connectivity index (χ4v) is 10.6. The topological polar surface area (TPSA) is 228 Å². The van der Waals surface area contributed by atoms with Gasteiger partial charge in [-0.2, -0.15) is 0 Å². The van der Waals surface area contributed by atoms with E-state index in [1.807, 2.05) is 0 Å². The van der Waals surface area contributed by atoms with Crippen molar-refractivity contribution in [2.45, 2.75) is 344 Å². The molecule has 0 aromatic carbocycles. The van der Waals surface area contributed by atoms with Gasteiger partial charge in [0.1, 0.15) is 48.8 Å². The lowest BCUT2D eigenvalue weighted by Crippen LogP contribution is -2.65. The van der Waals surface area contributed by atoms with Gasteiger partial charge in [0.2, 0.25) is 5.91 Å². The minimum Gasteiger partial charge on any atom is -0.394 e. The molecule has 0 bridgehead atoms. The van der Waals surface area contributed by atoms with E-state index in [9.17, 15) is 45.6 Å². The van der Waals surface area contributed by atoms with Crippen LogP contribution in [0.4, 0.5) is 0 Å². The zero-order valence-corrected chi connectivity index (χ0v) is 48.3. The van der Waals surface area contributed by atoms with Crippen LogP contribution in [0, 0.1) is 0 Å². The van der Waals surface area contributed by atoms with E-state index in [0.29, 0.717) is 12.8 Å². The van der Waals surface area contributed by atoms with Crippen molar-refractivity contribution >= 4 is 5.91 Å². The predicted octanol–water partition coefficient (Wildman–Crippen LogP) is 11.2. The molecular weight excluding hydrogens is 967 g/mol. The van der Waals surface area contributed by atoms with Crippen LogP contribution < -0.4 is 5.32 Å². The van der Waals surface area contributed by atoms with E-state index in [0.717, 1.165) is 77.0 Å². The summed E-state index contributed by atoms with van der Waals surface area (Å²) in [5.41, 5.74) is 0. The molecule has 0 aliphatic carbocycles. The molecule has 9 N–H and O–H groups in total. The van der Waals surface area contributed by atoms with Crippen LogP contribution in [0.5, 0.6) is 0 Å². The quantitative estimate of drug-likeness (QED) is 0.0204. The fraction of sp³-hybridized carbons (Fsp3) is 0.919. The first-order valence-corrected chi connectivity index (χ1v) is 31.6. The van der Waals surface area contributed by atoms with Crippen LogP contribution >= 0.6 is 0 Å². The zero-order chi connectivity index (χ0) is 55.3. The number of hydrogen-bond donors (Lipinski definition) is 9. The van der Waals surface area contributed by atoms with Gasteiger partial charge in [0.05, 0.1) is 32.0 Å². The molecule has 2 aliphatic rings. The summed E-state index contributed by atoms with van der Waals surface area (Å²) in [6.45, 7) is 2.81. The molecule has 14 nitrogen and oxygen atoms in total. The maximum atomic E-state index is 13.2. The van der Waals surface area contributed by atoms with Gasteiger partial charge in [0.15, 0.2) is 12.6 Å². The Bertz CT molecular complexity index is 1370. The maximum absolute atomic E-state index is 13.2. The number of carbonyl (C=O) groups is 1. The molecule has 2 saturated heterocycles. The molecule has 1 amide bonds. The summed E-state index contributed by atoms with van der Waals surface area (Å²) in [6, 6.07) is -0.835. The highest BCUT2D eigenvalue weighted by molar-refractivity contribution is 5.76. The monoisotopic (exact) mass is 1080 g/mol. The number of ether oxygens (including phenoxy) is 4. The molecule has 2 fully saturated rings. The minimum atomic E-state index is -1.78. The molecule has 0 spiro atoms. The summed E-state index contributed by atoms with van der Waals surface area (Å²) in [7, 11) is 0. The largest absolute Gasteiger partial charge is 0.394 e. The van der Waals surface area contributed by atoms with Gasteiger partial charge in [-0.25, -0.2) is 0 Å². The summed E-state index contributed by atoms with van der Waals surface area (Å²) < 4.78 is 22.8. The second-order valence-corrected chi connectivity index (χ2v) is 22.5. The molecule has 0 aromatic rings. The van der Waals surface area contributed by atoms with Crippen LogP contribution in [-0.4, -0.2) is 140 Å². The Balaban J connectivity index is 1.66. The molecule has 2 aliphatic heterocycles. The number of hydrogen-bond acceptors (Lipinski definition) is 13. The Kier molecular flexibility index (Phi) is 44.8. The average molecular weight is 1080 g/mol. The molecule has 12 atom stereocenters. The number of nitrogens with one attached hydrogen (secondary N) is 1. The number of carbonyl (C=O) groups excluding carboxylic acids is 1. The van der Waals surface area contributed by atoms with E-state index in [1.54, 1.807) is 0 Å². The Hall–Kier alpha value is -1.53. The molecule has 14 heteroatoms. The first-order valence-electron chi connectivity index (χ1n) is 31.6. The highest BCUT2D eigenvalue weighted by Gasteiger charge is 2.51. The van der Waals surface area contributed by atoms with Gasteiger partial charge in [0, 0.05) is 6.42 Å². The van der Waals surface area contributed by atoms with Gasteiger partial charge in [-0.15, -0.1) is 0 Å². The van der Waals surface area contributed by atoms with Gasteiger partial charge in [-0.1, -0.05) is 250 Å². The third-order valence-corrected chi connectivity index (χ3v) is 15.7. The summed E-state index contributed by atoms with van der Waals surface area (Å²) in [4.78, 5) is 13.2. The second-order valence-electron chi connectivity index (χ2n) is 22.5. The summed E-state index contributed by atoms with van der Waals surface area (Å²) in [5, 5.41) is 87.3. The normalized spacial score (nSPS) is 25.0. The molecule has 0 radical (unpaired) electrons. The number of amides is 1. The molecule has 448 valence electrons. The van der Waals surface area contributed by atoms with Crippen molar-refractivity contribution in [1.29, 1.82) is 0 Å². The standard InChI is InChI=1S/C62H117NO13/c1-3-5-7-9-11-13-15-17-18-19-20-21-22-23-24-25-26-27-28-29-30-31-32-34-35-37-39-41-43-45-51(66)50(63-54(67)46-44-42-40-38-36-33-16-14-12-10-8-6-4-2)49-73-61-59(72)57(70)60(53(48-65)75-61)76-62-58(71)56(69)55(68)52(47-64)74-62/h8,10,14,16,50-53,55-62,64-66,68-72H,3-7,9,11-13,15,17-49H2,1-2H3,(H,63,67)/b10-8-,16-14-. The van der Waals surface area contributed by atoms with E-state index in [-0.39, 0.29) is 18.9 Å². The Morgan fingerprint density at radius 1 is 0.474 bits per heavy atom. The lowest BCUT2D eigenvalue weighted by molar-refractivity contribution is -0.359. The molecule has 2 heterocycles. The highest BCUT2D eigenvalue weighted by atomic mass is 16.7. The fourth-order valence-electron chi connectivity index (χ4n) is 10.6. The van der Waals surface area contributed by atoms with Crippen molar-refractivity contribution in [3.63, 3.8) is 0 Å². The highest BCUT2D eigenvalue weighted by Crippen LogP contribution is 2.30. The van der Waals surface area contributed by atoms with Crippen molar-refractivity contribution in [2.75, 3.05) is 19.8 Å². The second kappa shape index (κ2) is 48.2. The van der Waals surface area contributed by atoms with E-state index in [2.05, 4.69) is 43.5 Å². The lowest BCUT2D eigenvalue weighted by Gasteiger charge is -2.46. The van der Waals surface area contributed by atoms with Gasteiger partial charge in [-0.3, -0.25) is 4.79 Å². The van der Waals surface area contributed by atoms with Crippen molar-refractivity contribution < 1.29 is 64.6 Å². The summed E-state index contributed by atoms with van der Waals surface area (Å²) in [6.07, 6.45) is 40.6. The molecule has 0 aromatic heterocycles. The van der Waals surface area contributed by atoms with Gasteiger partial charge in [0.25, 0.3) is 0 Å². The Labute approximate surface area is 462 Å². The van der Waals surface area contributed by atoms with Gasteiger partial charge >= 0.3 is 0 Å². The van der Waals surface area contributed by atoms with Crippen LogP contribution in [0.2, 0.25) is 0 Å². The van der Waals surface area contributed by atoms with Gasteiger partial charge in [-0.05, 0) is 38.5 Å². The first kappa shape index (κ1) is 70.6. The molecule has 76 heavy (non-hydrogen) atoms. The van der Waals surface area contributed by atoms with Crippen molar-refractivity contribution in [1.82, 2.24) is 5.32 Å².